The molecular weight excluding hydrogens is 376 g/mol. The molecule has 1 aromatic carbocycles. The SMILES string of the molecule is CCCCC[C@H](c1ccccc1OC(F)(F)F)N1CCNCC1.Cl.Cl. The van der Waals surface area contributed by atoms with Crippen LogP contribution in [-0.2, 0) is 0 Å². The molecule has 8 heteroatoms. The summed E-state index contributed by atoms with van der Waals surface area (Å²) in [5.41, 5.74) is 0.642. The summed E-state index contributed by atoms with van der Waals surface area (Å²) in [6.07, 6.45) is -0.620. The predicted octanol–water partition coefficient (Wildman–Crippen LogP) is 4.96. The van der Waals surface area contributed by atoms with Gasteiger partial charge >= 0.3 is 6.36 Å². The number of unbranched alkanes of at least 4 members (excludes halogenated alkanes) is 2. The molecule has 0 bridgehead atoms. The van der Waals surface area contributed by atoms with Gasteiger partial charge in [-0.15, -0.1) is 38.0 Å². The summed E-state index contributed by atoms with van der Waals surface area (Å²) in [6.45, 7) is 5.55. The van der Waals surface area contributed by atoms with Crippen LogP contribution >= 0.6 is 24.8 Å². The number of nitrogens with one attached hydrogen (secondary N) is 1. The third kappa shape index (κ3) is 8.03. The molecule has 1 fully saturated rings. The number of rotatable bonds is 7. The summed E-state index contributed by atoms with van der Waals surface area (Å²) in [4.78, 5) is 2.27. The predicted molar refractivity (Wildman–Crippen MR) is 98.9 cm³/mol. The highest BCUT2D eigenvalue weighted by molar-refractivity contribution is 5.85. The Bertz CT molecular complexity index is 483. The van der Waals surface area contributed by atoms with Crippen LogP contribution in [0.1, 0.15) is 44.2 Å². The lowest BCUT2D eigenvalue weighted by Gasteiger charge is -2.36. The van der Waals surface area contributed by atoms with Crippen molar-refractivity contribution in [2.45, 2.75) is 45.0 Å². The van der Waals surface area contributed by atoms with Gasteiger partial charge in [-0.05, 0) is 12.5 Å². The summed E-state index contributed by atoms with van der Waals surface area (Å²) in [7, 11) is 0. The van der Waals surface area contributed by atoms with E-state index in [1.54, 1.807) is 18.2 Å². The molecule has 0 unspecified atom stereocenters. The molecule has 1 heterocycles. The number of halogens is 5. The normalized spacial score (nSPS) is 16.5. The monoisotopic (exact) mass is 402 g/mol. The highest BCUT2D eigenvalue weighted by atomic mass is 35.5. The minimum atomic E-state index is -4.66. The number of piperazine rings is 1. The van der Waals surface area contributed by atoms with Gasteiger partial charge in [0.15, 0.2) is 0 Å². The van der Waals surface area contributed by atoms with Gasteiger partial charge in [0.2, 0.25) is 0 Å². The third-order valence-electron chi connectivity index (χ3n) is 4.18. The van der Waals surface area contributed by atoms with Crippen molar-refractivity contribution >= 4 is 24.8 Å². The Morgan fingerprint density at radius 3 is 2.36 bits per heavy atom. The van der Waals surface area contributed by atoms with Gasteiger partial charge in [-0.2, -0.15) is 0 Å². The van der Waals surface area contributed by atoms with Crippen molar-refractivity contribution in [3.8, 4) is 5.75 Å². The highest BCUT2D eigenvalue weighted by Gasteiger charge is 2.33. The van der Waals surface area contributed by atoms with E-state index in [4.69, 9.17) is 0 Å². The molecule has 146 valence electrons. The van der Waals surface area contributed by atoms with Crippen molar-refractivity contribution in [1.29, 1.82) is 0 Å². The van der Waals surface area contributed by atoms with Crippen molar-refractivity contribution in [3.05, 3.63) is 29.8 Å². The van der Waals surface area contributed by atoms with E-state index in [-0.39, 0.29) is 36.6 Å². The van der Waals surface area contributed by atoms with Crippen molar-refractivity contribution < 1.29 is 17.9 Å². The zero-order chi connectivity index (χ0) is 16.7. The standard InChI is InChI=1S/C17H25F3N2O.2ClH/c1-2-3-4-8-15(22-12-10-21-11-13-22)14-7-5-6-9-16(14)23-17(18,19)20;;/h5-7,9,15,21H,2-4,8,10-13H2,1H3;2*1H/t15-;;/m1../s1. The van der Waals surface area contributed by atoms with Gasteiger partial charge in [0.25, 0.3) is 0 Å². The molecule has 25 heavy (non-hydrogen) atoms. The topological polar surface area (TPSA) is 24.5 Å². The van der Waals surface area contributed by atoms with E-state index in [2.05, 4.69) is 21.9 Å². The van der Waals surface area contributed by atoms with Crippen molar-refractivity contribution in [2.75, 3.05) is 26.2 Å². The highest BCUT2D eigenvalue weighted by Crippen LogP contribution is 2.36. The van der Waals surface area contributed by atoms with E-state index < -0.39 is 6.36 Å². The molecule has 0 aromatic heterocycles. The van der Waals surface area contributed by atoms with Gasteiger partial charge in [0, 0.05) is 37.8 Å². The fourth-order valence-corrected chi connectivity index (χ4v) is 3.09. The lowest BCUT2D eigenvalue weighted by atomic mass is 9.97. The maximum absolute atomic E-state index is 12.7. The van der Waals surface area contributed by atoms with Crippen LogP contribution in [0.2, 0.25) is 0 Å². The van der Waals surface area contributed by atoms with Crippen LogP contribution in [0.5, 0.6) is 5.75 Å². The molecular formula is C17H27Cl2F3N2O. The molecule has 1 aliphatic rings. The average Bonchev–Trinajstić information content (AvgIpc) is 2.52. The van der Waals surface area contributed by atoms with Crippen LogP contribution in [-0.4, -0.2) is 37.4 Å². The Labute approximate surface area is 160 Å². The van der Waals surface area contributed by atoms with E-state index in [0.29, 0.717) is 5.56 Å². The Hall–Kier alpha value is -0.690. The summed E-state index contributed by atoms with van der Waals surface area (Å²) < 4.78 is 42.3. The summed E-state index contributed by atoms with van der Waals surface area (Å²) in [5, 5.41) is 3.29. The molecule has 1 aliphatic heterocycles. The third-order valence-corrected chi connectivity index (χ3v) is 4.18. The van der Waals surface area contributed by atoms with Gasteiger partial charge in [-0.1, -0.05) is 44.4 Å². The fraction of sp³-hybridized carbons (Fsp3) is 0.647. The molecule has 1 saturated heterocycles. The molecule has 1 atom stereocenters. The van der Waals surface area contributed by atoms with Crippen LogP contribution in [0.3, 0.4) is 0 Å². The summed E-state index contributed by atoms with van der Waals surface area (Å²) >= 11 is 0. The number of ether oxygens (including phenoxy) is 1. The lowest BCUT2D eigenvalue weighted by Crippen LogP contribution is -2.45. The second-order valence-electron chi connectivity index (χ2n) is 5.88. The van der Waals surface area contributed by atoms with E-state index >= 15 is 0 Å². The molecule has 1 aromatic rings. The maximum Gasteiger partial charge on any atom is 0.573 e. The van der Waals surface area contributed by atoms with Gasteiger partial charge in [0.05, 0.1) is 0 Å². The van der Waals surface area contributed by atoms with E-state index in [9.17, 15) is 13.2 Å². The van der Waals surface area contributed by atoms with Crippen molar-refractivity contribution in [2.24, 2.45) is 0 Å². The number of hydrogen-bond acceptors (Lipinski definition) is 3. The van der Waals surface area contributed by atoms with Gasteiger partial charge < -0.3 is 10.1 Å². The van der Waals surface area contributed by atoms with Crippen molar-refractivity contribution in [1.82, 2.24) is 10.2 Å². The number of nitrogens with zero attached hydrogens (tertiary/aromatic N) is 1. The fourth-order valence-electron chi connectivity index (χ4n) is 3.09. The Morgan fingerprint density at radius 1 is 1.12 bits per heavy atom. The zero-order valence-corrected chi connectivity index (χ0v) is 16.0. The smallest absolute Gasteiger partial charge is 0.405 e. The van der Waals surface area contributed by atoms with Crippen molar-refractivity contribution in [3.63, 3.8) is 0 Å². The maximum atomic E-state index is 12.7. The second-order valence-corrected chi connectivity index (χ2v) is 5.88. The van der Waals surface area contributed by atoms with Crippen LogP contribution in [0.25, 0.3) is 0 Å². The first kappa shape index (κ1) is 24.3. The van der Waals surface area contributed by atoms with E-state index in [0.717, 1.165) is 51.9 Å². The van der Waals surface area contributed by atoms with Crippen LogP contribution in [0.15, 0.2) is 24.3 Å². The first-order valence-electron chi connectivity index (χ1n) is 8.30. The quantitative estimate of drug-likeness (QED) is 0.652. The Morgan fingerprint density at radius 2 is 1.76 bits per heavy atom. The molecule has 2 rings (SSSR count). The molecule has 0 spiro atoms. The van der Waals surface area contributed by atoms with Gasteiger partial charge in [-0.25, -0.2) is 0 Å². The average molecular weight is 403 g/mol. The van der Waals surface area contributed by atoms with E-state index in [1.807, 2.05) is 0 Å². The summed E-state index contributed by atoms with van der Waals surface area (Å²) in [5.74, 6) is -0.0694. The number of hydrogen-bond donors (Lipinski definition) is 1. The van der Waals surface area contributed by atoms with Crippen LogP contribution in [0.4, 0.5) is 13.2 Å². The Balaban J connectivity index is 0.00000288. The largest absolute Gasteiger partial charge is 0.573 e. The molecule has 3 nitrogen and oxygen atoms in total. The molecule has 0 aliphatic carbocycles. The number of benzene rings is 1. The van der Waals surface area contributed by atoms with Crippen LogP contribution < -0.4 is 10.1 Å². The van der Waals surface area contributed by atoms with Gasteiger partial charge in [0.1, 0.15) is 5.75 Å². The molecule has 0 saturated carbocycles. The van der Waals surface area contributed by atoms with E-state index in [1.165, 1.54) is 6.07 Å². The summed E-state index contributed by atoms with van der Waals surface area (Å²) in [6, 6.07) is 6.53. The first-order chi connectivity index (χ1) is 11.0. The molecule has 0 radical (unpaired) electrons. The molecule has 0 amide bonds. The number of para-hydroxylation sites is 1. The molecule has 1 N–H and O–H groups in total. The lowest BCUT2D eigenvalue weighted by molar-refractivity contribution is -0.275. The van der Waals surface area contributed by atoms with Gasteiger partial charge in [-0.3, -0.25) is 4.90 Å². The minimum absolute atomic E-state index is 0. The number of alkyl halides is 3. The Kier molecular flexibility index (Phi) is 11.5. The first-order valence-corrected chi connectivity index (χ1v) is 8.30. The second kappa shape index (κ2) is 11.8. The van der Waals surface area contributed by atoms with Crippen LogP contribution in [0, 0.1) is 0 Å². The zero-order valence-electron chi connectivity index (χ0n) is 14.3. The minimum Gasteiger partial charge on any atom is -0.405 e.